The number of fused-ring (bicyclic) bond motifs is 4. The average Bonchev–Trinajstić information content (AvgIpc) is 1.58. The van der Waals surface area contributed by atoms with Gasteiger partial charge in [-0.25, -0.2) is 9.59 Å². The van der Waals surface area contributed by atoms with Crippen LogP contribution < -0.4 is 25.6 Å². The first-order chi connectivity index (χ1) is 54.0. The lowest BCUT2D eigenvalue weighted by atomic mass is 9.78. The highest BCUT2D eigenvalue weighted by atomic mass is 32.2. The Morgan fingerprint density at radius 1 is 0.605 bits per heavy atom. The molecule has 9 rings (SSSR count). The third kappa shape index (κ3) is 24.5. The second-order valence-electron chi connectivity index (χ2n) is 30.3. The van der Waals surface area contributed by atoms with Gasteiger partial charge < -0.3 is 50.4 Å². The van der Waals surface area contributed by atoms with E-state index in [0.717, 1.165) is 87.1 Å². The number of carbonyl (C=O) groups excluding carboxylic acids is 4. The third-order valence-electron chi connectivity index (χ3n) is 21.2. The van der Waals surface area contributed by atoms with Crippen LogP contribution in [-0.2, 0) is 92.3 Å². The van der Waals surface area contributed by atoms with Gasteiger partial charge in [0.1, 0.15) is 29.9 Å². The summed E-state index contributed by atoms with van der Waals surface area (Å²) in [6.07, 6.45) is 10.2. The third-order valence-corrected chi connectivity index (χ3v) is 23.7. The number of ether oxygens (including phenoxy) is 3. The van der Waals surface area contributed by atoms with Crippen molar-refractivity contribution in [2.45, 2.75) is 196 Å². The molecule has 0 spiro atoms. The van der Waals surface area contributed by atoms with Crippen LogP contribution in [0.3, 0.4) is 0 Å². The van der Waals surface area contributed by atoms with E-state index < -0.39 is 107 Å². The summed E-state index contributed by atoms with van der Waals surface area (Å²) in [6.45, 7) is 12.1. The van der Waals surface area contributed by atoms with E-state index in [9.17, 15) is 82.7 Å². The molecule has 30 heteroatoms. The maximum Gasteiger partial charge on any atom is 0.326 e. The number of anilines is 1. The molecule has 114 heavy (non-hydrogen) atoms. The smallest absolute Gasteiger partial charge is 0.326 e. The van der Waals surface area contributed by atoms with Gasteiger partial charge in [-0.1, -0.05) is 94.3 Å². The first-order valence-electron chi connectivity index (χ1n) is 38.6. The van der Waals surface area contributed by atoms with Crippen LogP contribution in [0.5, 0.6) is 5.75 Å². The second kappa shape index (κ2) is 39.7. The fourth-order valence-corrected chi connectivity index (χ4v) is 16.7. The molecule has 6 aromatic carbocycles. The summed E-state index contributed by atoms with van der Waals surface area (Å²) < 4.78 is 124. The van der Waals surface area contributed by atoms with Crippen LogP contribution in [0.25, 0.3) is 21.5 Å². The molecule has 0 radical (unpaired) electrons. The molecule has 0 unspecified atom stereocenters. The number of carboxylic acid groups (broad SMARTS) is 3. The number of Topliss-reactive ketones (excluding diaryl/α,β-unsaturated/α-hetero) is 2. The minimum atomic E-state index is -4.55. The minimum Gasteiger partial charge on any atom is -0.481 e. The van der Waals surface area contributed by atoms with Gasteiger partial charge in [-0.15, -0.1) is 0 Å². The number of benzene rings is 6. The van der Waals surface area contributed by atoms with Crippen molar-refractivity contribution in [3.05, 3.63) is 172 Å². The van der Waals surface area contributed by atoms with Crippen LogP contribution in [-0.4, -0.2) is 170 Å². The number of hydrogen-bond acceptors (Lipinski definition) is 17. The molecule has 2 aliphatic heterocycles. The molecule has 3 atom stereocenters. The molecule has 2 heterocycles. The molecule has 27 nitrogen and oxygen atoms in total. The summed E-state index contributed by atoms with van der Waals surface area (Å²) in [4.78, 5) is 89.8. The monoisotopic (exact) mass is 1630 g/mol. The summed E-state index contributed by atoms with van der Waals surface area (Å²) in [5.74, 6) is -5.37. The van der Waals surface area contributed by atoms with Gasteiger partial charge in [0, 0.05) is 93.1 Å². The normalized spacial score (nSPS) is 16.2. The fourth-order valence-electron chi connectivity index (χ4n) is 15.1. The molecular formula is C84H104N5O22S3+. The average molecular weight is 1630 g/mol. The van der Waals surface area contributed by atoms with Crippen molar-refractivity contribution in [3.8, 4) is 5.75 Å². The van der Waals surface area contributed by atoms with E-state index in [0.29, 0.717) is 79.5 Å². The molecule has 0 bridgehead atoms. The minimum absolute atomic E-state index is 0.0288. The number of carbonyl (C=O) groups is 7. The zero-order chi connectivity index (χ0) is 82.7. The lowest BCUT2D eigenvalue weighted by Crippen LogP contribution is -2.46. The lowest BCUT2D eigenvalue weighted by Gasteiger charge is -2.28. The Morgan fingerprint density at radius 2 is 1.26 bits per heavy atom. The van der Waals surface area contributed by atoms with Gasteiger partial charge in [-0.3, -0.25) is 37.6 Å². The van der Waals surface area contributed by atoms with Crippen molar-refractivity contribution in [1.29, 1.82) is 0 Å². The molecule has 3 amide bonds. The number of rotatable bonds is 45. The first kappa shape index (κ1) is 88.4. The van der Waals surface area contributed by atoms with Gasteiger partial charge in [0.05, 0.1) is 52.7 Å². The van der Waals surface area contributed by atoms with Crippen molar-refractivity contribution >= 4 is 110 Å². The summed E-state index contributed by atoms with van der Waals surface area (Å²) in [5, 5.41) is 39.3. The largest absolute Gasteiger partial charge is 0.481 e. The van der Waals surface area contributed by atoms with E-state index in [4.69, 9.17) is 19.3 Å². The van der Waals surface area contributed by atoms with Crippen molar-refractivity contribution in [3.63, 3.8) is 0 Å². The standard InChI is InChI=1S/C84H103N5O22S3/c1-6-7-11-39-88-72-52-61-48-66(113(103,104)105)32-25-59(61)50-68(72)83(2,3)75(88)35-27-57-19-14-20-58(28-36-76-84(4,5)69-51-60-26-33-67(114(106,107)108)49-62(60)53-73(69)89(76)40-12-13-45-112(100,101)102)79(57)111-65-30-23-56(24-31-65)46-63(80(95)96)54-74(91)71(47-55-17-9-8-10-18-55)86-77(92)37-42-110-44-43-109-41-16-21-64(90)29-34-70(81(97)98)87-82(99)85-38-15-22-78(93)94/h8-10,17-18,23-27,30-33,35,48-53,63,70-71H,6-7,11-16,19-22,28-29,34,36-47,54H2,1-5H3,(H8-,85,86,87,92,93,94,95,96,97,98,99,100,101,102,103,104,105,106,107,108)/p+1/b57-27+,75-35+/t63-,70+,71+/m1/s1. The number of amides is 3. The van der Waals surface area contributed by atoms with Gasteiger partial charge in [0.15, 0.2) is 11.5 Å². The first-order valence-corrected chi connectivity index (χ1v) is 43.1. The predicted octanol–water partition coefficient (Wildman–Crippen LogP) is 12.7. The Morgan fingerprint density at radius 3 is 1.90 bits per heavy atom. The van der Waals surface area contributed by atoms with Gasteiger partial charge in [0.25, 0.3) is 30.4 Å². The van der Waals surface area contributed by atoms with Gasteiger partial charge in [0.2, 0.25) is 11.6 Å². The molecule has 0 aromatic heterocycles. The molecule has 6 aromatic rings. The maximum atomic E-state index is 14.4. The van der Waals surface area contributed by atoms with Crippen molar-refractivity contribution < 1.29 is 107 Å². The van der Waals surface area contributed by atoms with Gasteiger partial charge in [-0.2, -0.15) is 29.8 Å². The molecule has 614 valence electrons. The maximum absolute atomic E-state index is 14.4. The Labute approximate surface area is 665 Å². The van der Waals surface area contributed by atoms with E-state index in [2.05, 4.69) is 78.3 Å². The zero-order valence-corrected chi connectivity index (χ0v) is 67.4. The van der Waals surface area contributed by atoms with Crippen LogP contribution in [0.15, 0.2) is 160 Å². The van der Waals surface area contributed by atoms with Crippen LogP contribution >= 0.6 is 0 Å². The SMILES string of the molecule is CCCCCN1/C(=C/C=C2\CCCC(CCC3=[N+](CCCCS(=O)(=O)O)c4cc5cc(S(=O)(=O)O)ccc5cc4C3(C)C)=C2Oc2ccc(C[C@H](CC(=O)[C@H](Cc3ccccc3)NC(=O)CCOCCOCCCC(=O)CC[C@H](NC(=O)NCCCC(=O)O)C(=O)O)C(=O)O)cc2)C(C)(C)c2cc3ccc(S(=O)(=O)O)cc3cc21. The van der Waals surface area contributed by atoms with Crippen LogP contribution in [0.2, 0.25) is 0 Å². The summed E-state index contributed by atoms with van der Waals surface area (Å²) in [6, 6.07) is 29.8. The van der Waals surface area contributed by atoms with E-state index >= 15 is 0 Å². The number of nitrogens with zero attached hydrogens (tertiary/aromatic N) is 2. The molecular weight excluding hydrogens is 1530 g/mol. The van der Waals surface area contributed by atoms with Gasteiger partial charge >= 0.3 is 23.9 Å². The van der Waals surface area contributed by atoms with E-state index in [-0.39, 0.29) is 106 Å². The van der Waals surface area contributed by atoms with Gasteiger partial charge in [-0.05, 0) is 195 Å². The highest BCUT2D eigenvalue weighted by Gasteiger charge is 2.46. The second-order valence-corrected chi connectivity index (χ2v) is 34.8. The number of allylic oxidation sites excluding steroid dienone is 5. The number of aliphatic carboxylic acids is 3. The topological polar surface area (TPSA) is 413 Å². The number of ketones is 2. The number of urea groups is 1. The highest BCUT2D eigenvalue weighted by Crippen LogP contribution is 2.51. The molecule has 1 aliphatic carbocycles. The van der Waals surface area contributed by atoms with Crippen molar-refractivity contribution in [1.82, 2.24) is 16.0 Å². The molecule has 3 aliphatic rings. The number of hydrogen-bond donors (Lipinski definition) is 9. The van der Waals surface area contributed by atoms with Crippen LogP contribution in [0.1, 0.15) is 172 Å². The molecule has 0 saturated carbocycles. The van der Waals surface area contributed by atoms with E-state index in [1.54, 1.807) is 60.7 Å². The Bertz CT molecular complexity index is 5040. The summed E-state index contributed by atoms with van der Waals surface area (Å²) in [5.41, 5.74) is 7.75. The van der Waals surface area contributed by atoms with E-state index in [1.807, 2.05) is 24.3 Å². The Balaban J connectivity index is 0.916. The van der Waals surface area contributed by atoms with Crippen molar-refractivity contribution in [2.75, 3.05) is 56.7 Å². The van der Waals surface area contributed by atoms with Crippen LogP contribution in [0, 0.1) is 5.92 Å². The molecule has 0 saturated heterocycles. The number of nitrogens with one attached hydrogen (secondary N) is 3. The zero-order valence-electron chi connectivity index (χ0n) is 65.0. The summed E-state index contributed by atoms with van der Waals surface area (Å²) >= 11 is 0. The Kier molecular flexibility index (Phi) is 30.8. The number of carboxylic acids is 3. The Hall–Kier alpha value is -9.53. The lowest BCUT2D eigenvalue weighted by molar-refractivity contribution is -0.440. The molecule has 0 fully saturated rings. The summed E-state index contributed by atoms with van der Waals surface area (Å²) in [7, 11) is -13.3. The van der Waals surface area contributed by atoms with E-state index in [1.165, 1.54) is 24.3 Å². The van der Waals surface area contributed by atoms with Crippen molar-refractivity contribution in [2.24, 2.45) is 5.92 Å². The molecule has 9 N–H and O–H groups in total. The predicted molar refractivity (Wildman–Crippen MR) is 430 cm³/mol. The fraction of sp³-hybridized carbons (Fsp3) is 0.452. The quantitative estimate of drug-likeness (QED) is 0.00974. The number of unbranched alkanes of at least 4 members (excludes halogenated alkanes) is 3. The van der Waals surface area contributed by atoms with Crippen LogP contribution in [0.4, 0.5) is 16.2 Å². The highest BCUT2D eigenvalue weighted by molar-refractivity contribution is 7.86.